The number of carboxylic acid groups (broad SMARTS) is 1. The first-order valence-corrected chi connectivity index (χ1v) is 13.5. The van der Waals surface area contributed by atoms with Gasteiger partial charge in [0.2, 0.25) is 0 Å². The highest BCUT2D eigenvalue weighted by molar-refractivity contribution is 7.93. The molecule has 4 aromatic rings. The number of thiazole rings is 1. The monoisotopic (exact) mass is 588 g/mol. The molecule has 1 aliphatic rings. The van der Waals surface area contributed by atoms with Gasteiger partial charge in [0.05, 0.1) is 21.7 Å². The number of aromatic nitrogens is 1. The molecule has 1 amide bonds. The number of nitrogens with zero attached hydrogens (tertiary/aromatic N) is 3. The maximum atomic E-state index is 13.8. The molecule has 0 bridgehead atoms. The number of furan rings is 1. The smallest absolute Gasteiger partial charge is 0.435 e. The zero-order valence-corrected chi connectivity index (χ0v) is 21.4. The van der Waals surface area contributed by atoms with Gasteiger partial charge in [-0.05, 0) is 60.7 Å². The third-order valence-electron chi connectivity index (χ3n) is 5.50. The number of halogens is 3. The number of sulfonamides is 1. The van der Waals surface area contributed by atoms with Crippen molar-refractivity contribution in [1.29, 1.82) is 0 Å². The number of hydrogen-bond donors (Lipinski definition) is 2. The molecule has 10 nitrogen and oxygen atoms in total. The van der Waals surface area contributed by atoms with Crippen molar-refractivity contribution in [3.8, 4) is 11.3 Å². The van der Waals surface area contributed by atoms with Crippen LogP contribution in [0, 0.1) is 0 Å². The molecule has 0 spiro atoms. The second-order valence-electron chi connectivity index (χ2n) is 8.15. The third-order valence-corrected chi connectivity index (χ3v) is 7.67. The minimum Gasteiger partial charge on any atom is -0.478 e. The minimum absolute atomic E-state index is 0.0463. The van der Waals surface area contributed by atoms with Crippen molar-refractivity contribution in [2.45, 2.75) is 11.1 Å². The molecule has 2 N–H and O–H groups in total. The van der Waals surface area contributed by atoms with Crippen LogP contribution < -0.4 is 9.73 Å². The highest BCUT2D eigenvalue weighted by Crippen LogP contribution is 2.34. The quantitative estimate of drug-likeness (QED) is 0.281. The summed E-state index contributed by atoms with van der Waals surface area (Å²) in [6, 6.07) is 13.1. The summed E-state index contributed by atoms with van der Waals surface area (Å²) in [4.78, 5) is 28.0. The molecule has 0 saturated heterocycles. The van der Waals surface area contributed by atoms with E-state index in [0.29, 0.717) is 10.6 Å². The van der Waals surface area contributed by atoms with Crippen LogP contribution in [-0.2, 0) is 14.8 Å². The van der Waals surface area contributed by atoms with E-state index in [1.165, 1.54) is 60.8 Å². The number of hydrazone groups is 1. The molecule has 40 heavy (non-hydrogen) atoms. The molecule has 2 aromatic heterocycles. The summed E-state index contributed by atoms with van der Waals surface area (Å²) in [5.41, 5.74) is -2.25. The number of nitrogens with one attached hydrogen (secondary N) is 1. The Morgan fingerprint density at radius 2 is 1.85 bits per heavy atom. The second-order valence-corrected chi connectivity index (χ2v) is 10.7. The number of hydrogen-bond acceptors (Lipinski definition) is 8. The molecule has 1 aliphatic heterocycles. The number of alkyl halides is 3. The minimum atomic E-state index is -5.00. The van der Waals surface area contributed by atoms with Gasteiger partial charge in [0.25, 0.3) is 15.9 Å². The maximum absolute atomic E-state index is 13.8. The van der Waals surface area contributed by atoms with Crippen molar-refractivity contribution < 1.29 is 40.7 Å². The molecule has 0 aliphatic carbocycles. The van der Waals surface area contributed by atoms with Crippen molar-refractivity contribution in [1.82, 2.24) is 4.98 Å². The van der Waals surface area contributed by atoms with Crippen molar-refractivity contribution in [2.75, 3.05) is 9.73 Å². The fourth-order valence-electron chi connectivity index (χ4n) is 3.67. The number of amides is 1. The van der Waals surface area contributed by atoms with Crippen LogP contribution in [-0.4, -0.2) is 42.3 Å². The molecule has 3 heterocycles. The Morgan fingerprint density at radius 3 is 2.50 bits per heavy atom. The van der Waals surface area contributed by atoms with E-state index in [0.717, 1.165) is 23.5 Å². The number of aromatic carboxylic acids is 1. The van der Waals surface area contributed by atoms with Crippen molar-refractivity contribution in [3.05, 3.63) is 89.1 Å². The second kappa shape index (κ2) is 10.1. The number of anilines is 2. The topological polar surface area (TPSA) is 142 Å². The molecule has 0 fully saturated rings. The first-order chi connectivity index (χ1) is 18.9. The lowest BCUT2D eigenvalue weighted by atomic mass is 10.1. The lowest BCUT2D eigenvalue weighted by molar-refractivity contribution is -0.114. The van der Waals surface area contributed by atoms with E-state index in [1.807, 2.05) is 0 Å². The van der Waals surface area contributed by atoms with Gasteiger partial charge in [-0.1, -0.05) is 6.07 Å². The Labute approximate surface area is 227 Å². The fraction of sp³-hybridized carbons (Fsp3) is 0.0400. The van der Waals surface area contributed by atoms with Crippen LogP contribution >= 0.6 is 11.3 Å². The molecule has 0 atom stereocenters. The van der Waals surface area contributed by atoms with Gasteiger partial charge >= 0.3 is 12.1 Å². The van der Waals surface area contributed by atoms with Gasteiger partial charge in [0.15, 0.2) is 10.8 Å². The summed E-state index contributed by atoms with van der Waals surface area (Å²) in [6.45, 7) is 0. The van der Waals surface area contributed by atoms with E-state index in [4.69, 9.17) is 4.42 Å². The van der Waals surface area contributed by atoms with Gasteiger partial charge < -0.3 is 9.52 Å². The van der Waals surface area contributed by atoms with Gasteiger partial charge in [0, 0.05) is 17.1 Å². The number of rotatable bonds is 7. The Kier molecular flexibility index (Phi) is 6.77. The molecule has 15 heteroatoms. The van der Waals surface area contributed by atoms with Crippen LogP contribution in [0.4, 0.5) is 24.0 Å². The van der Waals surface area contributed by atoms with Crippen LogP contribution in [0.15, 0.2) is 92.2 Å². The highest BCUT2D eigenvalue weighted by atomic mass is 32.2. The lowest BCUT2D eigenvalue weighted by Crippen LogP contribution is -2.25. The van der Waals surface area contributed by atoms with Crippen molar-refractivity contribution in [2.24, 2.45) is 5.10 Å². The van der Waals surface area contributed by atoms with Crippen LogP contribution in [0.1, 0.15) is 16.1 Å². The Balaban J connectivity index is 1.42. The number of carbonyl (C=O) groups excluding carboxylic acids is 1. The van der Waals surface area contributed by atoms with E-state index in [9.17, 15) is 36.3 Å². The Morgan fingerprint density at radius 1 is 1.10 bits per heavy atom. The van der Waals surface area contributed by atoms with E-state index >= 15 is 0 Å². The zero-order chi connectivity index (χ0) is 28.7. The maximum Gasteiger partial charge on any atom is 0.435 e. The summed E-state index contributed by atoms with van der Waals surface area (Å²) in [7, 11) is -3.89. The molecule has 0 saturated carbocycles. The van der Waals surface area contributed by atoms with Crippen LogP contribution in [0.2, 0.25) is 0 Å². The van der Waals surface area contributed by atoms with Gasteiger partial charge in [-0.15, -0.1) is 11.3 Å². The Bertz CT molecular complexity index is 1780. The lowest BCUT2D eigenvalue weighted by Gasteiger charge is -2.11. The zero-order valence-electron chi connectivity index (χ0n) is 19.8. The predicted octanol–water partition coefficient (Wildman–Crippen LogP) is 5.25. The van der Waals surface area contributed by atoms with Crippen LogP contribution in [0.5, 0.6) is 0 Å². The van der Waals surface area contributed by atoms with Gasteiger partial charge in [-0.25, -0.2) is 18.2 Å². The molecular weight excluding hydrogens is 573 g/mol. The SMILES string of the molecule is O=C(O)c1cccc(N2N=C(C(F)(F)F)/C(=C/c3ccc(-c4ccc(S(=O)(=O)Nc5nccs5)cc4)o3)C2=O)c1. The molecular formula is C25H15F3N4O6S2. The van der Waals surface area contributed by atoms with E-state index < -0.39 is 39.4 Å². The molecule has 0 unspecified atom stereocenters. The van der Waals surface area contributed by atoms with Gasteiger partial charge in [-0.3, -0.25) is 9.52 Å². The molecule has 5 rings (SSSR count). The van der Waals surface area contributed by atoms with E-state index in [2.05, 4.69) is 14.8 Å². The fourth-order valence-corrected chi connectivity index (χ4v) is 5.46. The van der Waals surface area contributed by atoms with Gasteiger partial charge in [-0.2, -0.15) is 23.3 Å². The average molecular weight is 589 g/mol. The van der Waals surface area contributed by atoms with Crippen LogP contribution in [0.25, 0.3) is 17.4 Å². The van der Waals surface area contributed by atoms with Crippen molar-refractivity contribution >= 4 is 55.8 Å². The summed E-state index contributed by atoms with van der Waals surface area (Å²) in [5.74, 6) is -2.35. The largest absolute Gasteiger partial charge is 0.478 e. The normalized spacial score (nSPS) is 15.0. The summed E-state index contributed by atoms with van der Waals surface area (Å²) < 4.78 is 74.3. The molecule has 2 aromatic carbocycles. The molecule has 0 radical (unpaired) electrons. The molecule has 204 valence electrons. The summed E-state index contributed by atoms with van der Waals surface area (Å²) in [6.07, 6.45) is -2.66. The summed E-state index contributed by atoms with van der Waals surface area (Å²) in [5, 5.41) is 14.9. The number of carboxylic acids is 1. The average Bonchev–Trinajstić information content (AvgIpc) is 3.66. The highest BCUT2D eigenvalue weighted by Gasteiger charge is 2.47. The predicted molar refractivity (Wildman–Crippen MR) is 139 cm³/mol. The third kappa shape index (κ3) is 5.37. The standard InChI is InChI=1S/C25H15F3N4O6S2/c26-25(27,28)21-19(22(33)32(30-21)16-3-1-2-15(12-16)23(34)35)13-17-6-9-20(38-17)14-4-7-18(8-5-14)40(36,37)31-24-29-10-11-39-24/h1-13H,(H,29,31)(H,34,35)/b19-13-. The number of carbonyl (C=O) groups is 2. The van der Waals surface area contributed by atoms with Gasteiger partial charge in [0.1, 0.15) is 11.5 Å². The van der Waals surface area contributed by atoms with E-state index in [1.54, 1.807) is 5.38 Å². The Hall–Kier alpha value is -4.76. The first-order valence-electron chi connectivity index (χ1n) is 11.1. The van der Waals surface area contributed by atoms with Crippen LogP contribution in [0.3, 0.4) is 0 Å². The van der Waals surface area contributed by atoms with E-state index in [-0.39, 0.29) is 32.8 Å². The first kappa shape index (κ1) is 26.8. The van der Waals surface area contributed by atoms with Crippen molar-refractivity contribution in [3.63, 3.8) is 0 Å². The number of benzene rings is 2. The summed E-state index contributed by atoms with van der Waals surface area (Å²) >= 11 is 1.11.